The van der Waals surface area contributed by atoms with Gasteiger partial charge in [-0.15, -0.1) is 11.6 Å². The Kier molecular flexibility index (Phi) is 2.69. The first-order valence-corrected chi connectivity index (χ1v) is 3.83. The second-order valence-corrected chi connectivity index (χ2v) is 2.62. The fourth-order valence-electron chi connectivity index (χ4n) is 0.860. The minimum Gasteiger partial charge on any atom is -0.264 e. The minimum absolute atomic E-state index is 0.673. The summed E-state index contributed by atoms with van der Waals surface area (Å²) in [5, 5.41) is 0. The van der Waals surface area contributed by atoms with Crippen molar-refractivity contribution in [2.45, 2.75) is 13.3 Å². The predicted octanol–water partition coefficient (Wildman–Crippen LogP) is 2.17. The van der Waals surface area contributed by atoms with E-state index in [2.05, 4.69) is 11.9 Å². The molecule has 54 valence electrons. The number of hydrogen-bond acceptors (Lipinski definition) is 1. The monoisotopic (exact) mass is 155 g/mol. The smallest absolute Gasteiger partial charge is 0.0302 e. The van der Waals surface area contributed by atoms with Crippen molar-refractivity contribution in [3.63, 3.8) is 0 Å². The zero-order valence-corrected chi connectivity index (χ0v) is 6.73. The lowest BCUT2D eigenvalue weighted by atomic mass is 10.1. The zero-order chi connectivity index (χ0) is 7.40. The second-order valence-electron chi connectivity index (χ2n) is 2.24. The van der Waals surface area contributed by atoms with Crippen LogP contribution in [0.2, 0.25) is 0 Å². The molecule has 0 saturated heterocycles. The van der Waals surface area contributed by atoms with Crippen LogP contribution in [0.3, 0.4) is 0 Å². The summed E-state index contributed by atoms with van der Waals surface area (Å²) in [4.78, 5) is 4.01. The molecular weight excluding hydrogens is 146 g/mol. The Morgan fingerprint density at radius 1 is 1.60 bits per heavy atom. The molecule has 1 rings (SSSR count). The molecule has 0 aliphatic carbocycles. The van der Waals surface area contributed by atoms with Crippen molar-refractivity contribution in [2.75, 3.05) is 5.88 Å². The Morgan fingerprint density at radius 2 is 2.40 bits per heavy atom. The van der Waals surface area contributed by atoms with Crippen molar-refractivity contribution >= 4 is 11.6 Å². The molecule has 0 atom stereocenters. The lowest BCUT2D eigenvalue weighted by molar-refractivity contribution is 1.08. The van der Waals surface area contributed by atoms with Crippen LogP contribution in [0.25, 0.3) is 0 Å². The average molecular weight is 156 g/mol. The highest BCUT2D eigenvalue weighted by Crippen LogP contribution is 2.05. The molecule has 0 aromatic carbocycles. The van der Waals surface area contributed by atoms with Gasteiger partial charge < -0.3 is 0 Å². The summed E-state index contributed by atoms with van der Waals surface area (Å²) >= 11 is 5.58. The Hall–Kier alpha value is -0.560. The van der Waals surface area contributed by atoms with Crippen LogP contribution in [-0.4, -0.2) is 10.9 Å². The van der Waals surface area contributed by atoms with Crippen molar-refractivity contribution in [1.29, 1.82) is 0 Å². The normalized spacial score (nSPS) is 9.80. The maximum absolute atomic E-state index is 5.58. The molecule has 1 aromatic heterocycles. The molecule has 1 heterocycles. The molecular formula is C8H10ClN. The van der Waals surface area contributed by atoms with E-state index >= 15 is 0 Å². The lowest BCUT2D eigenvalue weighted by Crippen LogP contribution is -1.90. The van der Waals surface area contributed by atoms with Crippen molar-refractivity contribution in [1.82, 2.24) is 4.98 Å². The van der Waals surface area contributed by atoms with Gasteiger partial charge in [0.05, 0.1) is 0 Å². The van der Waals surface area contributed by atoms with Crippen molar-refractivity contribution < 1.29 is 0 Å². The molecule has 0 aliphatic rings. The molecule has 0 fully saturated rings. The van der Waals surface area contributed by atoms with Crippen LogP contribution in [-0.2, 0) is 6.42 Å². The van der Waals surface area contributed by atoms with Gasteiger partial charge in [-0.1, -0.05) is 0 Å². The largest absolute Gasteiger partial charge is 0.264 e. The van der Waals surface area contributed by atoms with E-state index in [1.165, 1.54) is 11.1 Å². The number of alkyl halides is 1. The van der Waals surface area contributed by atoms with Gasteiger partial charge in [0.25, 0.3) is 0 Å². The number of hydrogen-bond donors (Lipinski definition) is 0. The van der Waals surface area contributed by atoms with Gasteiger partial charge in [0.1, 0.15) is 0 Å². The Bertz CT molecular complexity index is 210. The van der Waals surface area contributed by atoms with Gasteiger partial charge in [-0.3, -0.25) is 4.98 Å². The van der Waals surface area contributed by atoms with Gasteiger partial charge in [-0.25, -0.2) is 0 Å². The third-order valence-corrected chi connectivity index (χ3v) is 1.70. The summed E-state index contributed by atoms with van der Waals surface area (Å²) in [6, 6.07) is 2.00. The number of pyridine rings is 1. The van der Waals surface area contributed by atoms with E-state index in [1.54, 1.807) is 6.20 Å². The summed E-state index contributed by atoms with van der Waals surface area (Å²) in [6.07, 6.45) is 4.59. The summed E-state index contributed by atoms with van der Waals surface area (Å²) < 4.78 is 0. The fourth-order valence-corrected chi connectivity index (χ4v) is 1.06. The predicted molar refractivity (Wildman–Crippen MR) is 43.4 cm³/mol. The number of aromatic nitrogens is 1. The van der Waals surface area contributed by atoms with E-state index < -0.39 is 0 Å². The van der Waals surface area contributed by atoms with Crippen LogP contribution in [0.5, 0.6) is 0 Å². The summed E-state index contributed by atoms with van der Waals surface area (Å²) in [6.45, 7) is 2.07. The zero-order valence-electron chi connectivity index (χ0n) is 5.97. The van der Waals surface area contributed by atoms with E-state index in [0.29, 0.717) is 5.88 Å². The first-order chi connectivity index (χ1) is 4.84. The van der Waals surface area contributed by atoms with Crippen LogP contribution in [0.4, 0.5) is 0 Å². The van der Waals surface area contributed by atoms with E-state index in [9.17, 15) is 0 Å². The van der Waals surface area contributed by atoms with Gasteiger partial charge in [0, 0.05) is 18.3 Å². The highest BCUT2D eigenvalue weighted by Gasteiger charge is 1.94. The van der Waals surface area contributed by atoms with E-state index in [0.717, 1.165) is 6.42 Å². The van der Waals surface area contributed by atoms with Crippen molar-refractivity contribution in [3.8, 4) is 0 Å². The molecule has 1 aromatic rings. The third-order valence-electron chi connectivity index (χ3n) is 1.51. The van der Waals surface area contributed by atoms with Crippen LogP contribution in [0.1, 0.15) is 11.1 Å². The Labute approximate surface area is 66.0 Å². The summed E-state index contributed by atoms with van der Waals surface area (Å²) in [5.41, 5.74) is 2.52. The highest BCUT2D eigenvalue weighted by molar-refractivity contribution is 6.17. The van der Waals surface area contributed by atoms with Gasteiger partial charge >= 0.3 is 0 Å². The minimum atomic E-state index is 0.673. The molecule has 0 saturated carbocycles. The second kappa shape index (κ2) is 3.57. The molecule has 0 N–H and O–H groups in total. The Morgan fingerprint density at radius 3 is 3.00 bits per heavy atom. The molecule has 0 radical (unpaired) electrons. The standard InChI is InChI=1S/C8H10ClN/c1-7-3-5-10-6-8(7)2-4-9/h3,5-6H,2,4H2,1H3. The van der Waals surface area contributed by atoms with Crippen molar-refractivity contribution in [3.05, 3.63) is 29.6 Å². The van der Waals surface area contributed by atoms with E-state index in [4.69, 9.17) is 11.6 Å². The fraction of sp³-hybridized carbons (Fsp3) is 0.375. The number of rotatable bonds is 2. The molecule has 2 heteroatoms. The van der Waals surface area contributed by atoms with Gasteiger partial charge in [0.15, 0.2) is 0 Å². The van der Waals surface area contributed by atoms with E-state index in [1.807, 2.05) is 12.3 Å². The van der Waals surface area contributed by atoms with E-state index in [-0.39, 0.29) is 0 Å². The molecule has 10 heavy (non-hydrogen) atoms. The quantitative estimate of drug-likeness (QED) is 0.597. The molecule has 0 spiro atoms. The molecule has 0 unspecified atom stereocenters. The van der Waals surface area contributed by atoms with Crippen molar-refractivity contribution in [2.24, 2.45) is 0 Å². The maximum Gasteiger partial charge on any atom is 0.0302 e. The SMILES string of the molecule is Cc1ccncc1CCCl. The van der Waals surface area contributed by atoms with Gasteiger partial charge in [0.2, 0.25) is 0 Å². The number of halogens is 1. The summed E-state index contributed by atoms with van der Waals surface area (Å²) in [5.74, 6) is 0.673. The van der Waals surface area contributed by atoms with Crippen LogP contribution in [0.15, 0.2) is 18.5 Å². The topological polar surface area (TPSA) is 12.9 Å². The Balaban J connectivity index is 2.81. The molecule has 0 bridgehead atoms. The first-order valence-electron chi connectivity index (χ1n) is 3.30. The average Bonchev–Trinajstić information content (AvgIpc) is 1.94. The van der Waals surface area contributed by atoms with Gasteiger partial charge in [-0.2, -0.15) is 0 Å². The first kappa shape index (κ1) is 7.55. The van der Waals surface area contributed by atoms with Gasteiger partial charge in [-0.05, 0) is 30.5 Å². The summed E-state index contributed by atoms with van der Waals surface area (Å²) in [7, 11) is 0. The van der Waals surface area contributed by atoms with Crippen LogP contribution in [0, 0.1) is 6.92 Å². The maximum atomic E-state index is 5.58. The molecule has 0 amide bonds. The third kappa shape index (κ3) is 1.71. The molecule has 1 nitrogen and oxygen atoms in total. The highest BCUT2D eigenvalue weighted by atomic mass is 35.5. The molecule has 0 aliphatic heterocycles. The van der Waals surface area contributed by atoms with Crippen LogP contribution >= 0.6 is 11.6 Å². The number of aryl methyl sites for hydroxylation is 2. The lowest BCUT2D eigenvalue weighted by Gasteiger charge is -1.99. The number of nitrogens with zero attached hydrogens (tertiary/aromatic N) is 1. The van der Waals surface area contributed by atoms with Crippen LogP contribution < -0.4 is 0 Å².